The van der Waals surface area contributed by atoms with E-state index in [1.807, 2.05) is 106 Å². The Kier molecular flexibility index (Phi) is 12.1. The smallest absolute Gasteiger partial charge is 0.264 e. The second-order valence-electron chi connectivity index (χ2n) is 12.2. The topological polar surface area (TPSA) is 96.0 Å². The van der Waals surface area contributed by atoms with E-state index in [0.717, 1.165) is 33.0 Å². The summed E-state index contributed by atoms with van der Waals surface area (Å²) >= 11 is 0. The van der Waals surface area contributed by atoms with Crippen molar-refractivity contribution >= 4 is 27.5 Å². The zero-order chi connectivity index (χ0) is 35.5. The second-order valence-corrected chi connectivity index (χ2v) is 14.1. The summed E-state index contributed by atoms with van der Waals surface area (Å²) in [6, 6.07) is 38.7. The highest BCUT2D eigenvalue weighted by Crippen LogP contribution is 2.29. The Balaban J connectivity index is 1.55. The molecular weight excluding hydrogens is 647 g/mol. The van der Waals surface area contributed by atoms with Gasteiger partial charge in [0.05, 0.1) is 10.6 Å². The fourth-order valence-electron chi connectivity index (χ4n) is 5.48. The van der Waals surface area contributed by atoms with Crippen LogP contribution in [-0.2, 0) is 32.6 Å². The summed E-state index contributed by atoms with van der Waals surface area (Å²) in [4.78, 5) is 30.1. The molecule has 5 aromatic carbocycles. The molecule has 2 amide bonds. The molecule has 0 aromatic heterocycles. The monoisotopic (exact) mass is 689 g/mol. The summed E-state index contributed by atoms with van der Waals surface area (Å²) in [6.07, 6.45) is 0.979. The van der Waals surface area contributed by atoms with Crippen LogP contribution >= 0.6 is 0 Å². The molecule has 0 saturated heterocycles. The maximum absolute atomic E-state index is 14.7. The Morgan fingerprint density at radius 3 is 1.86 bits per heavy atom. The number of sulfonamides is 1. The van der Waals surface area contributed by atoms with Crippen LogP contribution in [0.2, 0.25) is 0 Å². The lowest BCUT2D eigenvalue weighted by molar-refractivity contribution is -0.140. The van der Waals surface area contributed by atoms with Crippen molar-refractivity contribution in [2.75, 3.05) is 17.4 Å². The molecule has 5 aromatic rings. The largest absolute Gasteiger partial charge is 0.457 e. The minimum Gasteiger partial charge on any atom is -0.457 e. The van der Waals surface area contributed by atoms with Gasteiger partial charge in [0.1, 0.15) is 24.1 Å². The standard InChI is InChI=1S/C41H43N3O5S/c1-4-27-42-41(46)39(28-33-11-7-5-8-12-33)43(29-34-19-15-31(2)16-20-34)40(45)30-44(50(47,48)38-25-17-32(3)18-26-38)35-21-23-37(24-22-35)49-36-13-9-6-10-14-36/h5-26,39H,4,27-30H2,1-3H3,(H,42,46). The van der Waals surface area contributed by atoms with E-state index in [1.165, 1.54) is 17.0 Å². The number of carbonyl (C=O) groups excluding carboxylic acids is 2. The van der Waals surface area contributed by atoms with E-state index < -0.39 is 28.5 Å². The van der Waals surface area contributed by atoms with E-state index in [9.17, 15) is 18.0 Å². The van der Waals surface area contributed by atoms with Gasteiger partial charge in [-0.2, -0.15) is 0 Å². The van der Waals surface area contributed by atoms with E-state index in [-0.39, 0.29) is 29.5 Å². The van der Waals surface area contributed by atoms with Crippen LogP contribution in [0.1, 0.15) is 35.6 Å². The Hall–Kier alpha value is -5.41. The van der Waals surface area contributed by atoms with Crippen LogP contribution in [0.3, 0.4) is 0 Å². The number of hydrogen-bond acceptors (Lipinski definition) is 5. The van der Waals surface area contributed by atoms with Crippen LogP contribution in [0, 0.1) is 13.8 Å². The molecule has 1 unspecified atom stereocenters. The van der Waals surface area contributed by atoms with Crippen molar-refractivity contribution in [2.24, 2.45) is 0 Å². The van der Waals surface area contributed by atoms with Gasteiger partial charge in [-0.25, -0.2) is 8.42 Å². The van der Waals surface area contributed by atoms with Gasteiger partial charge in [0.15, 0.2) is 0 Å². The summed E-state index contributed by atoms with van der Waals surface area (Å²) < 4.78 is 35.8. The third-order valence-electron chi connectivity index (χ3n) is 8.29. The predicted octanol–water partition coefficient (Wildman–Crippen LogP) is 7.46. The zero-order valence-corrected chi connectivity index (χ0v) is 29.5. The third-order valence-corrected chi connectivity index (χ3v) is 10.1. The average Bonchev–Trinajstić information content (AvgIpc) is 3.13. The number of anilines is 1. The molecule has 0 aliphatic rings. The summed E-state index contributed by atoms with van der Waals surface area (Å²) in [7, 11) is -4.22. The van der Waals surface area contributed by atoms with Crippen LogP contribution in [0.15, 0.2) is 138 Å². The van der Waals surface area contributed by atoms with Gasteiger partial charge >= 0.3 is 0 Å². The van der Waals surface area contributed by atoms with Crippen LogP contribution in [0.25, 0.3) is 0 Å². The van der Waals surface area contributed by atoms with Crippen LogP contribution in [0.5, 0.6) is 11.5 Å². The van der Waals surface area contributed by atoms with Crippen molar-refractivity contribution in [3.63, 3.8) is 0 Å². The van der Waals surface area contributed by atoms with E-state index >= 15 is 0 Å². The van der Waals surface area contributed by atoms with E-state index in [0.29, 0.717) is 18.0 Å². The van der Waals surface area contributed by atoms with Gasteiger partial charge in [0.2, 0.25) is 11.8 Å². The van der Waals surface area contributed by atoms with Crippen LogP contribution < -0.4 is 14.4 Å². The Morgan fingerprint density at radius 2 is 1.26 bits per heavy atom. The highest BCUT2D eigenvalue weighted by Gasteiger charge is 2.34. The first-order chi connectivity index (χ1) is 24.1. The Labute approximate surface area is 295 Å². The molecule has 5 rings (SSSR count). The van der Waals surface area contributed by atoms with Gasteiger partial charge in [0.25, 0.3) is 10.0 Å². The van der Waals surface area contributed by atoms with E-state index in [2.05, 4.69) is 5.32 Å². The zero-order valence-electron chi connectivity index (χ0n) is 28.7. The summed E-state index contributed by atoms with van der Waals surface area (Å²) in [6.45, 7) is 5.84. The van der Waals surface area contributed by atoms with Crippen molar-refractivity contribution in [1.29, 1.82) is 0 Å². The number of amides is 2. The quantitative estimate of drug-likeness (QED) is 0.123. The summed E-state index contributed by atoms with van der Waals surface area (Å²) in [5.41, 5.74) is 3.94. The fourth-order valence-corrected chi connectivity index (χ4v) is 6.90. The average molecular weight is 690 g/mol. The molecule has 0 fully saturated rings. The number of rotatable bonds is 15. The van der Waals surface area contributed by atoms with Gasteiger partial charge in [0, 0.05) is 19.5 Å². The van der Waals surface area contributed by atoms with Crippen LogP contribution in [0.4, 0.5) is 5.69 Å². The number of benzene rings is 5. The lowest BCUT2D eigenvalue weighted by Crippen LogP contribution is -2.53. The maximum Gasteiger partial charge on any atom is 0.264 e. The van der Waals surface area contributed by atoms with Crippen molar-refractivity contribution in [1.82, 2.24) is 10.2 Å². The fraction of sp³-hybridized carbons (Fsp3) is 0.220. The molecule has 258 valence electrons. The van der Waals surface area contributed by atoms with E-state index in [1.54, 1.807) is 36.4 Å². The number of nitrogens with one attached hydrogen (secondary N) is 1. The SMILES string of the molecule is CCCNC(=O)C(Cc1ccccc1)N(Cc1ccc(C)cc1)C(=O)CN(c1ccc(Oc2ccccc2)cc1)S(=O)(=O)c1ccc(C)cc1. The lowest BCUT2D eigenvalue weighted by atomic mass is 10.0. The maximum atomic E-state index is 14.7. The van der Waals surface area contributed by atoms with Crippen molar-refractivity contribution in [3.8, 4) is 11.5 Å². The second kappa shape index (κ2) is 16.8. The Bertz CT molecular complexity index is 1950. The number of ether oxygens (including phenoxy) is 1. The van der Waals surface area contributed by atoms with Gasteiger partial charge in [-0.15, -0.1) is 0 Å². The molecule has 50 heavy (non-hydrogen) atoms. The highest BCUT2D eigenvalue weighted by molar-refractivity contribution is 7.92. The van der Waals surface area contributed by atoms with Crippen molar-refractivity contribution < 1.29 is 22.7 Å². The molecule has 8 nitrogen and oxygen atoms in total. The summed E-state index contributed by atoms with van der Waals surface area (Å²) in [5, 5.41) is 2.98. The highest BCUT2D eigenvalue weighted by atomic mass is 32.2. The molecule has 0 radical (unpaired) electrons. The number of carbonyl (C=O) groups is 2. The number of nitrogens with zero attached hydrogens (tertiary/aromatic N) is 2. The molecule has 0 spiro atoms. The van der Waals surface area contributed by atoms with Gasteiger partial charge in [-0.3, -0.25) is 13.9 Å². The van der Waals surface area contributed by atoms with Crippen LogP contribution in [-0.4, -0.2) is 44.3 Å². The van der Waals surface area contributed by atoms with Crippen molar-refractivity contribution in [2.45, 2.75) is 51.1 Å². The first-order valence-electron chi connectivity index (χ1n) is 16.7. The third kappa shape index (κ3) is 9.39. The Morgan fingerprint density at radius 1 is 0.700 bits per heavy atom. The van der Waals surface area contributed by atoms with Crippen molar-refractivity contribution in [3.05, 3.63) is 156 Å². The first kappa shape index (κ1) is 35.9. The molecule has 1 N–H and O–H groups in total. The molecule has 9 heteroatoms. The molecule has 0 saturated carbocycles. The molecule has 0 aliphatic heterocycles. The number of para-hydroxylation sites is 1. The normalized spacial score (nSPS) is 11.7. The minimum atomic E-state index is -4.22. The van der Waals surface area contributed by atoms with Gasteiger partial charge in [-0.05, 0) is 79.9 Å². The van der Waals surface area contributed by atoms with Gasteiger partial charge in [-0.1, -0.05) is 103 Å². The number of aryl methyl sites for hydroxylation is 2. The molecule has 0 aliphatic carbocycles. The molecular formula is C41H43N3O5S. The minimum absolute atomic E-state index is 0.0483. The van der Waals surface area contributed by atoms with E-state index in [4.69, 9.17) is 4.74 Å². The first-order valence-corrected chi connectivity index (χ1v) is 18.2. The molecule has 0 bridgehead atoms. The van der Waals surface area contributed by atoms with Gasteiger partial charge < -0.3 is 15.0 Å². The number of hydrogen-bond donors (Lipinski definition) is 1. The lowest BCUT2D eigenvalue weighted by Gasteiger charge is -2.34. The molecule has 1 atom stereocenters. The summed E-state index contributed by atoms with van der Waals surface area (Å²) in [5.74, 6) is 0.331. The predicted molar refractivity (Wildman–Crippen MR) is 198 cm³/mol. The molecule has 0 heterocycles.